The quantitative estimate of drug-likeness (QED) is 0.496. The van der Waals surface area contributed by atoms with Gasteiger partial charge in [-0.2, -0.15) is 10.1 Å². The number of nitrogens with zero attached hydrogens (tertiary/aromatic N) is 4. The van der Waals surface area contributed by atoms with Crippen molar-refractivity contribution in [3.8, 4) is 40.2 Å². The summed E-state index contributed by atoms with van der Waals surface area (Å²) in [6, 6.07) is 15.3. The third kappa shape index (κ3) is 3.19. The largest absolute Gasteiger partial charge is 0.497 e. The first-order chi connectivity index (χ1) is 15.3. The van der Waals surface area contributed by atoms with Gasteiger partial charge in [-0.1, -0.05) is 17.3 Å². The molecule has 0 radical (unpaired) electrons. The molecule has 2 aliphatic rings. The molecular weight excluding hydrogens is 400 g/mol. The summed E-state index contributed by atoms with van der Waals surface area (Å²) in [5.41, 5.74) is 3.44. The lowest BCUT2D eigenvalue weighted by Gasteiger charge is -2.24. The predicted molar refractivity (Wildman–Crippen MR) is 108 cm³/mol. The SMILES string of the molecule is COc1ccc([C@@H]2Cn3nc(-c4nc(-c5ccc6c(c5)OCO6)no4)cc3CO2)cc1. The lowest BCUT2D eigenvalue weighted by Crippen LogP contribution is -2.21. The Morgan fingerprint density at radius 1 is 1.03 bits per heavy atom. The van der Waals surface area contributed by atoms with Crippen molar-refractivity contribution in [2.75, 3.05) is 13.9 Å². The van der Waals surface area contributed by atoms with Crippen LogP contribution in [0.4, 0.5) is 0 Å². The second-order valence-corrected chi connectivity index (χ2v) is 7.27. The maximum atomic E-state index is 6.04. The van der Waals surface area contributed by atoms with Crippen LogP contribution in [0.3, 0.4) is 0 Å². The number of benzene rings is 2. The van der Waals surface area contributed by atoms with Gasteiger partial charge in [-0.15, -0.1) is 0 Å². The maximum absolute atomic E-state index is 6.04. The van der Waals surface area contributed by atoms with E-state index >= 15 is 0 Å². The first-order valence-electron chi connectivity index (χ1n) is 9.83. The molecule has 0 amide bonds. The van der Waals surface area contributed by atoms with Crippen molar-refractivity contribution in [2.24, 2.45) is 0 Å². The van der Waals surface area contributed by atoms with Gasteiger partial charge in [-0.05, 0) is 42.0 Å². The molecule has 2 aliphatic heterocycles. The summed E-state index contributed by atoms with van der Waals surface area (Å²) in [4.78, 5) is 4.51. The average molecular weight is 418 g/mol. The van der Waals surface area contributed by atoms with Crippen molar-refractivity contribution in [1.29, 1.82) is 0 Å². The fourth-order valence-corrected chi connectivity index (χ4v) is 3.73. The Morgan fingerprint density at radius 2 is 1.90 bits per heavy atom. The number of fused-ring (bicyclic) bond motifs is 2. The Morgan fingerprint density at radius 3 is 2.77 bits per heavy atom. The van der Waals surface area contributed by atoms with Crippen LogP contribution in [0, 0.1) is 0 Å². The smallest absolute Gasteiger partial charge is 0.278 e. The number of rotatable bonds is 4. The minimum atomic E-state index is -0.0852. The minimum absolute atomic E-state index is 0.0852. The van der Waals surface area contributed by atoms with Gasteiger partial charge in [0.25, 0.3) is 5.89 Å². The van der Waals surface area contributed by atoms with Gasteiger partial charge in [0.15, 0.2) is 17.2 Å². The van der Waals surface area contributed by atoms with Crippen LogP contribution in [0.2, 0.25) is 0 Å². The highest BCUT2D eigenvalue weighted by molar-refractivity contribution is 5.63. The molecule has 0 fully saturated rings. The molecule has 9 heteroatoms. The van der Waals surface area contributed by atoms with Crippen molar-refractivity contribution in [1.82, 2.24) is 19.9 Å². The molecule has 156 valence electrons. The van der Waals surface area contributed by atoms with E-state index in [4.69, 9.17) is 23.5 Å². The normalized spacial score (nSPS) is 16.9. The van der Waals surface area contributed by atoms with Gasteiger partial charge in [0.1, 0.15) is 11.9 Å². The van der Waals surface area contributed by atoms with Gasteiger partial charge in [-0.25, -0.2) is 0 Å². The molecule has 6 rings (SSSR count). The van der Waals surface area contributed by atoms with E-state index < -0.39 is 0 Å². The van der Waals surface area contributed by atoms with E-state index in [1.54, 1.807) is 7.11 Å². The molecule has 0 N–H and O–H groups in total. The number of methoxy groups -OCH3 is 1. The number of aromatic nitrogens is 4. The standard InChI is InChI=1S/C22H18N4O5/c1-27-16-5-2-13(3-6-16)20-10-26-15(11-28-20)9-17(24-26)22-23-21(25-31-22)14-4-7-18-19(8-14)30-12-29-18/h2-9,20H,10-12H2,1H3/t20-/m0/s1. The van der Waals surface area contributed by atoms with Crippen molar-refractivity contribution < 1.29 is 23.5 Å². The lowest BCUT2D eigenvalue weighted by atomic mass is 10.1. The predicted octanol–water partition coefficient (Wildman–Crippen LogP) is 3.61. The Hall–Kier alpha value is -3.85. The molecule has 0 saturated heterocycles. The fourth-order valence-electron chi connectivity index (χ4n) is 3.73. The second kappa shape index (κ2) is 7.13. The molecule has 0 saturated carbocycles. The second-order valence-electron chi connectivity index (χ2n) is 7.27. The molecule has 31 heavy (non-hydrogen) atoms. The first kappa shape index (κ1) is 18.0. The number of hydrogen-bond acceptors (Lipinski definition) is 8. The minimum Gasteiger partial charge on any atom is -0.497 e. The summed E-state index contributed by atoms with van der Waals surface area (Å²) >= 11 is 0. The molecule has 2 aromatic carbocycles. The monoisotopic (exact) mass is 418 g/mol. The Balaban J connectivity index is 1.24. The van der Waals surface area contributed by atoms with Gasteiger partial charge in [0.05, 0.1) is 26.0 Å². The molecule has 4 heterocycles. The molecule has 2 aromatic heterocycles. The van der Waals surface area contributed by atoms with Crippen molar-refractivity contribution >= 4 is 0 Å². The highest BCUT2D eigenvalue weighted by Gasteiger charge is 2.25. The topological polar surface area (TPSA) is 93.7 Å². The average Bonchev–Trinajstić information content (AvgIpc) is 3.57. The van der Waals surface area contributed by atoms with Crippen LogP contribution >= 0.6 is 0 Å². The third-order valence-corrected chi connectivity index (χ3v) is 5.40. The fraction of sp³-hybridized carbons (Fsp3) is 0.227. The third-order valence-electron chi connectivity index (χ3n) is 5.40. The van der Waals surface area contributed by atoms with E-state index in [0.29, 0.717) is 42.1 Å². The van der Waals surface area contributed by atoms with E-state index in [0.717, 1.165) is 22.6 Å². The highest BCUT2D eigenvalue weighted by Crippen LogP contribution is 2.36. The number of hydrogen-bond donors (Lipinski definition) is 0. The van der Waals surface area contributed by atoms with E-state index in [2.05, 4.69) is 15.2 Å². The summed E-state index contributed by atoms with van der Waals surface area (Å²) in [7, 11) is 1.65. The van der Waals surface area contributed by atoms with Crippen LogP contribution in [-0.4, -0.2) is 33.8 Å². The zero-order valence-electron chi connectivity index (χ0n) is 16.6. The zero-order chi connectivity index (χ0) is 20.8. The van der Waals surface area contributed by atoms with Gasteiger partial charge < -0.3 is 23.5 Å². The molecule has 9 nitrogen and oxygen atoms in total. The van der Waals surface area contributed by atoms with Gasteiger partial charge in [-0.3, -0.25) is 4.68 Å². The Kier molecular flexibility index (Phi) is 4.13. The van der Waals surface area contributed by atoms with E-state index in [1.807, 2.05) is 53.2 Å². The van der Waals surface area contributed by atoms with Gasteiger partial charge in [0, 0.05) is 5.56 Å². The highest BCUT2D eigenvalue weighted by atomic mass is 16.7. The van der Waals surface area contributed by atoms with Gasteiger partial charge >= 0.3 is 0 Å². The van der Waals surface area contributed by atoms with Crippen LogP contribution in [0.5, 0.6) is 17.2 Å². The zero-order valence-corrected chi connectivity index (χ0v) is 16.6. The molecule has 0 aliphatic carbocycles. The molecule has 1 atom stereocenters. The first-order valence-corrected chi connectivity index (χ1v) is 9.83. The lowest BCUT2D eigenvalue weighted by molar-refractivity contribution is -0.00115. The summed E-state index contributed by atoms with van der Waals surface area (Å²) < 4.78 is 29.4. The Labute approximate surface area is 177 Å². The van der Waals surface area contributed by atoms with Gasteiger partial charge in [0.2, 0.25) is 12.6 Å². The number of ether oxygens (including phenoxy) is 4. The molecular formula is C22H18N4O5. The van der Waals surface area contributed by atoms with Crippen molar-refractivity contribution in [3.05, 3.63) is 59.8 Å². The molecule has 4 aromatic rings. The summed E-state index contributed by atoms with van der Waals surface area (Å²) in [6.45, 7) is 1.27. The van der Waals surface area contributed by atoms with E-state index in [-0.39, 0.29) is 12.9 Å². The molecule has 0 unspecified atom stereocenters. The maximum Gasteiger partial charge on any atom is 0.278 e. The van der Waals surface area contributed by atoms with Crippen LogP contribution in [-0.2, 0) is 17.9 Å². The van der Waals surface area contributed by atoms with E-state index in [9.17, 15) is 0 Å². The van der Waals surface area contributed by atoms with Crippen LogP contribution in [0.15, 0.2) is 53.1 Å². The van der Waals surface area contributed by atoms with Crippen LogP contribution in [0.1, 0.15) is 17.4 Å². The molecule has 0 spiro atoms. The van der Waals surface area contributed by atoms with Crippen LogP contribution < -0.4 is 14.2 Å². The summed E-state index contributed by atoms with van der Waals surface area (Å²) in [5, 5.41) is 8.76. The van der Waals surface area contributed by atoms with Crippen molar-refractivity contribution in [3.63, 3.8) is 0 Å². The Bertz CT molecular complexity index is 1250. The van der Waals surface area contributed by atoms with Crippen LogP contribution in [0.25, 0.3) is 23.0 Å². The summed E-state index contributed by atoms with van der Waals surface area (Å²) in [6.07, 6.45) is -0.0852. The van der Waals surface area contributed by atoms with E-state index in [1.165, 1.54) is 0 Å². The van der Waals surface area contributed by atoms with Crippen molar-refractivity contribution in [2.45, 2.75) is 19.3 Å². The summed E-state index contributed by atoms with van der Waals surface area (Å²) in [5.74, 6) is 3.02. The molecule has 0 bridgehead atoms.